The summed E-state index contributed by atoms with van der Waals surface area (Å²) in [5.74, 6) is 1.40. The van der Waals surface area contributed by atoms with E-state index in [1.165, 1.54) is 12.8 Å². The third kappa shape index (κ3) is 4.18. The fraction of sp³-hybridized carbons (Fsp3) is 0.933. The molecule has 1 aliphatic carbocycles. The maximum absolute atomic E-state index is 12.1. The minimum Gasteiger partial charge on any atom is -0.392 e. The number of aliphatic hydroxyl groups excluding tert-OH is 1. The highest BCUT2D eigenvalue weighted by Gasteiger charge is 2.28. The van der Waals surface area contributed by atoms with E-state index in [1.807, 2.05) is 0 Å². The van der Waals surface area contributed by atoms with Crippen LogP contribution in [0.15, 0.2) is 0 Å². The highest BCUT2D eigenvalue weighted by atomic mass is 16.3. The number of nitrogens with zero attached hydrogens (tertiary/aromatic N) is 1. The van der Waals surface area contributed by atoms with Gasteiger partial charge in [-0.2, -0.15) is 0 Å². The molecule has 4 nitrogen and oxygen atoms in total. The number of rotatable bonds is 3. The van der Waals surface area contributed by atoms with E-state index in [9.17, 15) is 9.90 Å². The smallest absolute Gasteiger partial charge is 0.234 e. The third-order valence-corrected chi connectivity index (χ3v) is 4.90. The van der Waals surface area contributed by atoms with Crippen LogP contribution >= 0.6 is 0 Å². The van der Waals surface area contributed by atoms with Crippen LogP contribution in [0.5, 0.6) is 0 Å². The quantitative estimate of drug-likeness (QED) is 0.813. The van der Waals surface area contributed by atoms with Gasteiger partial charge in [-0.15, -0.1) is 0 Å². The molecular formula is C15H28N2O2. The molecule has 1 aliphatic heterocycles. The number of aliphatic hydroxyl groups is 1. The second kappa shape index (κ2) is 6.71. The summed E-state index contributed by atoms with van der Waals surface area (Å²) in [6.07, 6.45) is 5.22. The molecule has 1 saturated carbocycles. The summed E-state index contributed by atoms with van der Waals surface area (Å²) in [7, 11) is 0. The molecule has 0 radical (unpaired) electrons. The van der Waals surface area contributed by atoms with E-state index in [2.05, 4.69) is 24.1 Å². The predicted octanol–water partition coefficient (Wildman–Crippen LogP) is 1.38. The summed E-state index contributed by atoms with van der Waals surface area (Å²) < 4.78 is 0. The molecule has 2 aliphatic rings. The second-order valence-electron chi connectivity index (χ2n) is 6.47. The molecule has 0 aromatic carbocycles. The first-order valence-electron chi connectivity index (χ1n) is 7.76. The van der Waals surface area contributed by atoms with Gasteiger partial charge >= 0.3 is 0 Å². The van der Waals surface area contributed by atoms with Crippen LogP contribution in [-0.4, -0.2) is 47.7 Å². The Morgan fingerprint density at radius 3 is 2.79 bits per heavy atom. The fourth-order valence-corrected chi connectivity index (χ4v) is 3.42. The Bertz CT molecular complexity index is 309. The SMILES string of the molecule is CC1CCCC(NC(=O)CN2CCC[C@H](O)C2)C1C. The Kier molecular flexibility index (Phi) is 5.22. The van der Waals surface area contributed by atoms with Crippen LogP contribution in [0.25, 0.3) is 0 Å². The number of amides is 1. The van der Waals surface area contributed by atoms with E-state index in [4.69, 9.17) is 0 Å². The van der Waals surface area contributed by atoms with Gasteiger partial charge in [0.2, 0.25) is 5.91 Å². The van der Waals surface area contributed by atoms with Crippen molar-refractivity contribution >= 4 is 5.91 Å². The first kappa shape index (κ1) is 14.8. The molecule has 0 aromatic heterocycles. The number of carbonyl (C=O) groups is 1. The molecule has 2 fully saturated rings. The van der Waals surface area contributed by atoms with Gasteiger partial charge in [-0.1, -0.05) is 26.7 Å². The van der Waals surface area contributed by atoms with Crippen molar-refractivity contribution in [3.8, 4) is 0 Å². The first-order chi connectivity index (χ1) is 9.06. The number of likely N-dealkylation sites (tertiary alicyclic amines) is 1. The van der Waals surface area contributed by atoms with Crippen LogP contribution in [0.2, 0.25) is 0 Å². The van der Waals surface area contributed by atoms with E-state index in [1.54, 1.807) is 0 Å². The molecule has 2 rings (SSSR count). The van der Waals surface area contributed by atoms with Crippen LogP contribution in [0.4, 0.5) is 0 Å². The van der Waals surface area contributed by atoms with Gasteiger partial charge in [-0.05, 0) is 37.6 Å². The van der Waals surface area contributed by atoms with E-state index in [-0.39, 0.29) is 12.0 Å². The zero-order valence-corrected chi connectivity index (χ0v) is 12.3. The van der Waals surface area contributed by atoms with Gasteiger partial charge in [0, 0.05) is 12.6 Å². The first-order valence-corrected chi connectivity index (χ1v) is 7.76. The Morgan fingerprint density at radius 2 is 2.05 bits per heavy atom. The summed E-state index contributed by atoms with van der Waals surface area (Å²) in [6, 6.07) is 0.339. The maximum Gasteiger partial charge on any atom is 0.234 e. The topological polar surface area (TPSA) is 52.6 Å². The molecule has 0 spiro atoms. The lowest BCUT2D eigenvalue weighted by Crippen LogP contribution is -2.49. The number of β-amino-alcohol motifs (C(OH)–C–C–N with tert-alkyl or cyclic N) is 1. The minimum absolute atomic E-state index is 0.125. The van der Waals surface area contributed by atoms with Gasteiger partial charge in [0.25, 0.3) is 0 Å². The molecule has 19 heavy (non-hydrogen) atoms. The molecule has 1 amide bonds. The number of hydrogen-bond donors (Lipinski definition) is 2. The Balaban J connectivity index is 1.77. The lowest BCUT2D eigenvalue weighted by Gasteiger charge is -2.35. The number of nitrogens with one attached hydrogen (secondary N) is 1. The normalized spacial score (nSPS) is 37.0. The van der Waals surface area contributed by atoms with Crippen LogP contribution in [0, 0.1) is 11.8 Å². The maximum atomic E-state index is 12.1. The van der Waals surface area contributed by atoms with Crippen molar-refractivity contribution in [3.63, 3.8) is 0 Å². The van der Waals surface area contributed by atoms with Crippen molar-refractivity contribution in [2.45, 2.75) is 58.1 Å². The van der Waals surface area contributed by atoms with Gasteiger partial charge in [0.05, 0.1) is 12.6 Å². The van der Waals surface area contributed by atoms with Gasteiger partial charge in [-0.3, -0.25) is 9.69 Å². The van der Waals surface area contributed by atoms with Crippen LogP contribution < -0.4 is 5.32 Å². The number of carbonyl (C=O) groups excluding carboxylic acids is 1. The van der Waals surface area contributed by atoms with Gasteiger partial charge < -0.3 is 10.4 Å². The van der Waals surface area contributed by atoms with Crippen molar-refractivity contribution in [2.75, 3.05) is 19.6 Å². The van der Waals surface area contributed by atoms with Crippen molar-refractivity contribution in [1.82, 2.24) is 10.2 Å². The summed E-state index contributed by atoms with van der Waals surface area (Å²) in [5, 5.41) is 12.8. The monoisotopic (exact) mass is 268 g/mol. The summed E-state index contributed by atoms with van der Waals surface area (Å²) in [4.78, 5) is 14.2. The zero-order valence-electron chi connectivity index (χ0n) is 12.3. The van der Waals surface area contributed by atoms with Crippen molar-refractivity contribution in [3.05, 3.63) is 0 Å². The molecule has 110 valence electrons. The standard InChI is InChI=1S/C15H28N2O2/c1-11-5-3-7-14(12(11)2)16-15(19)10-17-8-4-6-13(18)9-17/h11-14,18H,3-10H2,1-2H3,(H,16,19)/t11?,12?,13-,14?/m0/s1. The molecule has 1 heterocycles. The molecule has 0 bridgehead atoms. The molecule has 4 atom stereocenters. The van der Waals surface area contributed by atoms with Gasteiger partial charge in [-0.25, -0.2) is 0 Å². The van der Waals surface area contributed by atoms with Crippen molar-refractivity contribution in [1.29, 1.82) is 0 Å². The number of hydrogen-bond acceptors (Lipinski definition) is 3. The average Bonchev–Trinajstić information content (AvgIpc) is 2.35. The van der Waals surface area contributed by atoms with Crippen LogP contribution in [-0.2, 0) is 4.79 Å². The lowest BCUT2D eigenvalue weighted by molar-refractivity contribution is -0.124. The molecule has 0 aromatic rings. The largest absolute Gasteiger partial charge is 0.392 e. The summed E-state index contributed by atoms with van der Waals surface area (Å²) in [6.45, 7) is 6.54. The molecular weight excluding hydrogens is 240 g/mol. The fourth-order valence-electron chi connectivity index (χ4n) is 3.42. The Labute approximate surface area is 116 Å². The van der Waals surface area contributed by atoms with E-state index in [0.717, 1.165) is 25.8 Å². The Hall–Kier alpha value is -0.610. The second-order valence-corrected chi connectivity index (χ2v) is 6.47. The minimum atomic E-state index is -0.254. The predicted molar refractivity (Wildman–Crippen MR) is 75.8 cm³/mol. The van der Waals surface area contributed by atoms with Crippen LogP contribution in [0.3, 0.4) is 0 Å². The molecule has 2 N–H and O–H groups in total. The van der Waals surface area contributed by atoms with Gasteiger partial charge in [0.15, 0.2) is 0 Å². The summed E-state index contributed by atoms with van der Waals surface area (Å²) >= 11 is 0. The number of piperidine rings is 1. The lowest BCUT2D eigenvalue weighted by atomic mass is 9.78. The van der Waals surface area contributed by atoms with Crippen molar-refractivity contribution in [2.24, 2.45) is 11.8 Å². The highest BCUT2D eigenvalue weighted by Crippen LogP contribution is 2.29. The van der Waals surface area contributed by atoms with Crippen molar-refractivity contribution < 1.29 is 9.90 Å². The average molecular weight is 268 g/mol. The van der Waals surface area contributed by atoms with Gasteiger partial charge in [0.1, 0.15) is 0 Å². The third-order valence-electron chi connectivity index (χ3n) is 4.90. The summed E-state index contributed by atoms with van der Waals surface area (Å²) in [5.41, 5.74) is 0. The van der Waals surface area contributed by atoms with E-state index >= 15 is 0 Å². The molecule has 1 saturated heterocycles. The molecule has 4 heteroatoms. The zero-order chi connectivity index (χ0) is 13.8. The van der Waals surface area contributed by atoms with E-state index in [0.29, 0.717) is 31.0 Å². The Morgan fingerprint density at radius 1 is 1.26 bits per heavy atom. The van der Waals surface area contributed by atoms with Crippen LogP contribution in [0.1, 0.15) is 46.0 Å². The molecule has 3 unspecified atom stereocenters. The van der Waals surface area contributed by atoms with E-state index < -0.39 is 0 Å². The highest BCUT2D eigenvalue weighted by molar-refractivity contribution is 5.78.